The normalized spacial score (nSPS) is 14.3. The Morgan fingerprint density at radius 2 is 1.84 bits per heavy atom. The van der Waals surface area contributed by atoms with Crippen LogP contribution in [0.3, 0.4) is 0 Å². The zero-order valence-electron chi connectivity index (χ0n) is 14.0. The quantitative estimate of drug-likeness (QED) is 0.877. The molecular formula is C19H19ClFNO3. The Kier molecular flexibility index (Phi) is 5.13. The van der Waals surface area contributed by atoms with E-state index in [2.05, 4.69) is 5.32 Å². The second-order valence-electron chi connectivity index (χ2n) is 6.22. The molecule has 1 unspecified atom stereocenters. The molecule has 1 N–H and O–H groups in total. The SMILES string of the molecule is CC(C)C(NC(=O)c1ccc(F)cc1Cl)c1ccc2c(c1)OCCO2. The molecule has 1 atom stereocenters. The number of nitrogens with one attached hydrogen (secondary N) is 1. The van der Waals surface area contributed by atoms with Crippen molar-refractivity contribution in [3.05, 3.63) is 58.4 Å². The Morgan fingerprint density at radius 3 is 2.52 bits per heavy atom. The van der Waals surface area contributed by atoms with Crippen molar-refractivity contribution < 1.29 is 18.7 Å². The molecule has 1 amide bonds. The van der Waals surface area contributed by atoms with E-state index in [-0.39, 0.29) is 28.5 Å². The van der Waals surface area contributed by atoms with Gasteiger partial charge in [0.15, 0.2) is 11.5 Å². The molecule has 1 aliphatic heterocycles. The molecule has 0 radical (unpaired) electrons. The lowest BCUT2D eigenvalue weighted by Gasteiger charge is -2.25. The smallest absolute Gasteiger partial charge is 0.253 e. The molecule has 4 nitrogen and oxygen atoms in total. The summed E-state index contributed by atoms with van der Waals surface area (Å²) in [5, 5.41) is 3.06. The van der Waals surface area contributed by atoms with Crippen LogP contribution in [-0.2, 0) is 0 Å². The topological polar surface area (TPSA) is 47.6 Å². The van der Waals surface area contributed by atoms with Crippen molar-refractivity contribution in [2.24, 2.45) is 5.92 Å². The van der Waals surface area contributed by atoms with E-state index >= 15 is 0 Å². The first-order chi connectivity index (χ1) is 12.0. The standard InChI is InChI=1S/C19H19ClFNO3/c1-11(2)18(12-3-6-16-17(9-12)25-8-7-24-16)22-19(23)14-5-4-13(21)10-15(14)20/h3-6,9-11,18H,7-8H2,1-2H3,(H,22,23). The van der Waals surface area contributed by atoms with Gasteiger partial charge in [-0.25, -0.2) is 4.39 Å². The van der Waals surface area contributed by atoms with Crippen molar-refractivity contribution in [2.45, 2.75) is 19.9 Å². The zero-order chi connectivity index (χ0) is 18.0. The van der Waals surface area contributed by atoms with Gasteiger partial charge in [0.25, 0.3) is 5.91 Å². The third-order valence-corrected chi connectivity index (χ3v) is 4.37. The molecule has 0 saturated carbocycles. The second kappa shape index (κ2) is 7.31. The Bertz CT molecular complexity index is 794. The highest BCUT2D eigenvalue weighted by Crippen LogP contribution is 2.34. The Hall–Kier alpha value is -2.27. The number of hydrogen-bond acceptors (Lipinski definition) is 3. The molecule has 2 aromatic rings. The average molecular weight is 364 g/mol. The molecule has 0 aliphatic carbocycles. The van der Waals surface area contributed by atoms with Crippen molar-refractivity contribution in [1.82, 2.24) is 5.32 Å². The molecule has 132 valence electrons. The summed E-state index contributed by atoms with van der Waals surface area (Å²) in [4.78, 5) is 12.6. The van der Waals surface area contributed by atoms with Crippen molar-refractivity contribution in [3.63, 3.8) is 0 Å². The van der Waals surface area contributed by atoms with Gasteiger partial charge in [0.1, 0.15) is 19.0 Å². The number of carbonyl (C=O) groups excluding carboxylic acids is 1. The lowest BCUT2D eigenvalue weighted by Crippen LogP contribution is -2.32. The van der Waals surface area contributed by atoms with Gasteiger partial charge in [0.2, 0.25) is 0 Å². The number of rotatable bonds is 4. The fourth-order valence-electron chi connectivity index (χ4n) is 2.78. The van der Waals surface area contributed by atoms with Crippen molar-refractivity contribution in [1.29, 1.82) is 0 Å². The lowest BCUT2D eigenvalue weighted by molar-refractivity contribution is 0.0925. The third-order valence-electron chi connectivity index (χ3n) is 4.05. The molecule has 0 spiro atoms. The highest BCUT2D eigenvalue weighted by molar-refractivity contribution is 6.33. The minimum absolute atomic E-state index is 0.0854. The molecule has 0 saturated heterocycles. The van der Waals surface area contributed by atoms with Gasteiger partial charge in [0, 0.05) is 0 Å². The average Bonchev–Trinajstić information content (AvgIpc) is 2.58. The molecule has 0 bridgehead atoms. The van der Waals surface area contributed by atoms with Gasteiger partial charge in [-0.15, -0.1) is 0 Å². The highest BCUT2D eigenvalue weighted by atomic mass is 35.5. The summed E-state index contributed by atoms with van der Waals surface area (Å²) in [5.74, 6) is 0.673. The van der Waals surface area contributed by atoms with E-state index in [9.17, 15) is 9.18 Å². The van der Waals surface area contributed by atoms with Crippen LogP contribution in [0.15, 0.2) is 36.4 Å². The van der Waals surface area contributed by atoms with E-state index in [1.54, 1.807) is 0 Å². The van der Waals surface area contributed by atoms with Crippen molar-refractivity contribution in [2.75, 3.05) is 13.2 Å². The maximum atomic E-state index is 13.2. The predicted octanol–water partition coefficient (Wildman–Crippen LogP) is 4.38. The fourth-order valence-corrected chi connectivity index (χ4v) is 3.03. The number of ether oxygens (including phenoxy) is 2. The second-order valence-corrected chi connectivity index (χ2v) is 6.63. The first kappa shape index (κ1) is 17.5. The Labute approximate surface area is 150 Å². The van der Waals surface area contributed by atoms with Gasteiger partial charge in [0.05, 0.1) is 16.6 Å². The summed E-state index contributed by atoms with van der Waals surface area (Å²) < 4.78 is 24.3. The number of benzene rings is 2. The number of carbonyl (C=O) groups is 1. The molecule has 0 fully saturated rings. The molecule has 25 heavy (non-hydrogen) atoms. The zero-order valence-corrected chi connectivity index (χ0v) is 14.8. The van der Waals surface area contributed by atoms with Crippen LogP contribution in [0.5, 0.6) is 11.5 Å². The summed E-state index contributed by atoms with van der Waals surface area (Å²) in [6, 6.07) is 9.12. The van der Waals surface area contributed by atoms with E-state index in [0.717, 1.165) is 11.6 Å². The first-order valence-corrected chi connectivity index (χ1v) is 8.49. The minimum atomic E-state index is -0.478. The van der Waals surface area contributed by atoms with E-state index in [1.807, 2.05) is 32.0 Å². The third kappa shape index (κ3) is 3.87. The maximum absolute atomic E-state index is 13.2. The van der Waals surface area contributed by atoms with E-state index in [4.69, 9.17) is 21.1 Å². The molecule has 1 heterocycles. The Morgan fingerprint density at radius 1 is 1.12 bits per heavy atom. The van der Waals surface area contributed by atoms with E-state index in [1.165, 1.54) is 12.1 Å². The number of amides is 1. The molecule has 3 rings (SSSR count). The number of halogens is 2. The number of hydrogen-bond donors (Lipinski definition) is 1. The van der Waals surface area contributed by atoms with Gasteiger partial charge in [-0.3, -0.25) is 4.79 Å². The van der Waals surface area contributed by atoms with Gasteiger partial charge in [-0.05, 0) is 41.8 Å². The number of fused-ring (bicyclic) bond motifs is 1. The summed E-state index contributed by atoms with van der Waals surface area (Å²) in [6.45, 7) is 5.04. The summed E-state index contributed by atoms with van der Waals surface area (Å²) in [5.41, 5.74) is 1.15. The summed E-state index contributed by atoms with van der Waals surface area (Å²) >= 11 is 5.99. The van der Waals surface area contributed by atoms with Gasteiger partial charge < -0.3 is 14.8 Å². The fraction of sp³-hybridized carbons (Fsp3) is 0.316. The van der Waals surface area contributed by atoms with Crippen LogP contribution in [0.2, 0.25) is 5.02 Å². The largest absolute Gasteiger partial charge is 0.486 e. The van der Waals surface area contributed by atoms with E-state index < -0.39 is 5.82 Å². The summed E-state index contributed by atoms with van der Waals surface area (Å²) in [6.07, 6.45) is 0. The molecular weight excluding hydrogens is 345 g/mol. The lowest BCUT2D eigenvalue weighted by atomic mass is 9.95. The minimum Gasteiger partial charge on any atom is -0.486 e. The van der Waals surface area contributed by atoms with Crippen LogP contribution in [0.1, 0.15) is 35.8 Å². The van der Waals surface area contributed by atoms with Gasteiger partial charge in [-0.1, -0.05) is 31.5 Å². The van der Waals surface area contributed by atoms with Gasteiger partial charge in [-0.2, -0.15) is 0 Å². The van der Waals surface area contributed by atoms with Crippen LogP contribution in [0, 0.1) is 11.7 Å². The monoisotopic (exact) mass is 363 g/mol. The van der Waals surface area contributed by atoms with E-state index in [0.29, 0.717) is 24.7 Å². The van der Waals surface area contributed by atoms with Crippen LogP contribution < -0.4 is 14.8 Å². The van der Waals surface area contributed by atoms with Crippen LogP contribution in [0.25, 0.3) is 0 Å². The Balaban J connectivity index is 1.85. The first-order valence-electron chi connectivity index (χ1n) is 8.11. The predicted molar refractivity (Wildman–Crippen MR) is 93.9 cm³/mol. The highest BCUT2D eigenvalue weighted by Gasteiger charge is 2.23. The molecule has 1 aliphatic rings. The van der Waals surface area contributed by atoms with Crippen LogP contribution in [-0.4, -0.2) is 19.1 Å². The van der Waals surface area contributed by atoms with Crippen molar-refractivity contribution >= 4 is 17.5 Å². The molecule has 2 aromatic carbocycles. The van der Waals surface area contributed by atoms with Crippen LogP contribution >= 0.6 is 11.6 Å². The van der Waals surface area contributed by atoms with Gasteiger partial charge >= 0.3 is 0 Å². The summed E-state index contributed by atoms with van der Waals surface area (Å²) in [7, 11) is 0. The molecule has 6 heteroatoms. The molecule has 0 aromatic heterocycles. The maximum Gasteiger partial charge on any atom is 0.253 e. The van der Waals surface area contributed by atoms with Crippen LogP contribution in [0.4, 0.5) is 4.39 Å². The van der Waals surface area contributed by atoms with Crippen molar-refractivity contribution in [3.8, 4) is 11.5 Å².